The Balaban J connectivity index is 3.93. The van der Waals surface area contributed by atoms with Crippen LogP contribution in [0.2, 0.25) is 0 Å². The third-order valence-corrected chi connectivity index (χ3v) is 2.37. The van der Waals surface area contributed by atoms with Crippen molar-refractivity contribution in [3.63, 3.8) is 0 Å². The molecule has 0 spiro atoms. The maximum absolute atomic E-state index is 11.3. The molecule has 0 saturated heterocycles. The van der Waals surface area contributed by atoms with Crippen molar-refractivity contribution < 1.29 is 9.90 Å². The molecule has 4 nitrogen and oxygen atoms in total. The second-order valence-electron chi connectivity index (χ2n) is 4.18. The smallest absolute Gasteiger partial charge is 0.234 e. The highest BCUT2D eigenvalue weighted by atomic mass is 16.3. The number of hydrogen-bond donors (Lipinski definition) is 2. The molecule has 0 unspecified atom stereocenters. The van der Waals surface area contributed by atoms with E-state index in [9.17, 15) is 4.79 Å². The molecule has 84 valence electrons. The largest absolute Gasteiger partial charge is 0.394 e. The van der Waals surface area contributed by atoms with Gasteiger partial charge in [0.25, 0.3) is 0 Å². The van der Waals surface area contributed by atoms with E-state index in [4.69, 9.17) is 5.11 Å². The quantitative estimate of drug-likeness (QED) is 0.647. The van der Waals surface area contributed by atoms with Gasteiger partial charge in [0, 0.05) is 12.1 Å². The lowest BCUT2D eigenvalue weighted by atomic mass is 10.1. The molecule has 1 amide bonds. The van der Waals surface area contributed by atoms with Crippen molar-refractivity contribution in [3.8, 4) is 0 Å². The third kappa shape index (κ3) is 4.58. The fraction of sp³-hybridized carbons (Fsp3) is 0.900. The van der Waals surface area contributed by atoms with Crippen molar-refractivity contribution in [1.29, 1.82) is 0 Å². The van der Waals surface area contributed by atoms with Crippen molar-refractivity contribution in [2.45, 2.75) is 32.7 Å². The molecule has 0 fully saturated rings. The van der Waals surface area contributed by atoms with Crippen molar-refractivity contribution in [2.24, 2.45) is 0 Å². The average molecular weight is 202 g/mol. The zero-order valence-electron chi connectivity index (χ0n) is 9.63. The van der Waals surface area contributed by atoms with Crippen LogP contribution in [0.15, 0.2) is 0 Å². The Morgan fingerprint density at radius 3 is 2.50 bits per heavy atom. The molecule has 0 aromatic rings. The van der Waals surface area contributed by atoms with Crippen LogP contribution in [0.4, 0.5) is 0 Å². The Morgan fingerprint density at radius 1 is 1.50 bits per heavy atom. The monoisotopic (exact) mass is 202 g/mol. The molecule has 2 N–H and O–H groups in total. The number of rotatable bonds is 6. The van der Waals surface area contributed by atoms with E-state index in [1.54, 1.807) is 0 Å². The molecule has 0 heterocycles. The van der Waals surface area contributed by atoms with E-state index in [1.165, 1.54) is 0 Å². The molecule has 0 aliphatic carbocycles. The molecule has 14 heavy (non-hydrogen) atoms. The van der Waals surface area contributed by atoms with Gasteiger partial charge in [-0.15, -0.1) is 0 Å². The first-order valence-corrected chi connectivity index (χ1v) is 5.03. The molecular formula is C10H22N2O2. The molecule has 0 aliphatic rings. The van der Waals surface area contributed by atoms with E-state index in [1.807, 2.05) is 32.7 Å². The Morgan fingerprint density at radius 2 is 2.07 bits per heavy atom. The van der Waals surface area contributed by atoms with Gasteiger partial charge in [0.05, 0.1) is 13.2 Å². The number of likely N-dealkylation sites (N-methyl/N-ethyl adjacent to an activating group) is 1. The maximum Gasteiger partial charge on any atom is 0.234 e. The molecule has 0 atom stereocenters. The Bertz CT molecular complexity index is 181. The van der Waals surface area contributed by atoms with Crippen LogP contribution < -0.4 is 5.32 Å². The highest BCUT2D eigenvalue weighted by Gasteiger charge is 2.23. The second-order valence-corrected chi connectivity index (χ2v) is 4.18. The first-order valence-electron chi connectivity index (χ1n) is 5.03. The predicted octanol–water partition coefficient (Wildman–Crippen LogP) is 0.215. The molecule has 0 aromatic carbocycles. The zero-order valence-corrected chi connectivity index (χ0v) is 9.63. The molecule has 0 rings (SSSR count). The summed E-state index contributed by atoms with van der Waals surface area (Å²) >= 11 is 0. The number of aliphatic hydroxyl groups is 1. The van der Waals surface area contributed by atoms with E-state index in [0.29, 0.717) is 13.1 Å². The van der Waals surface area contributed by atoms with Crippen LogP contribution in [-0.2, 0) is 4.79 Å². The molecule has 0 aliphatic heterocycles. The fourth-order valence-electron chi connectivity index (χ4n) is 0.870. The lowest BCUT2D eigenvalue weighted by molar-refractivity contribution is -0.123. The van der Waals surface area contributed by atoms with Crippen LogP contribution in [0.5, 0.6) is 0 Å². The molecule has 0 saturated carbocycles. The lowest BCUT2D eigenvalue weighted by Gasteiger charge is -2.33. The van der Waals surface area contributed by atoms with E-state index in [0.717, 1.165) is 6.42 Å². The Kier molecular flexibility index (Phi) is 5.72. The highest BCUT2D eigenvalue weighted by Crippen LogP contribution is 2.09. The normalized spacial score (nSPS) is 11.9. The van der Waals surface area contributed by atoms with Crippen LogP contribution in [0, 0.1) is 0 Å². The average Bonchev–Trinajstić information content (AvgIpc) is 2.14. The number of amides is 1. The van der Waals surface area contributed by atoms with Gasteiger partial charge in [-0.05, 0) is 27.3 Å². The molecule has 4 heteroatoms. The van der Waals surface area contributed by atoms with Gasteiger partial charge in [0.15, 0.2) is 0 Å². The Labute approximate surface area is 86.3 Å². The van der Waals surface area contributed by atoms with Gasteiger partial charge in [0.2, 0.25) is 5.91 Å². The summed E-state index contributed by atoms with van der Waals surface area (Å²) < 4.78 is 0. The summed E-state index contributed by atoms with van der Waals surface area (Å²) in [5.41, 5.74) is -0.344. The summed E-state index contributed by atoms with van der Waals surface area (Å²) in [4.78, 5) is 13.2. The number of carbonyl (C=O) groups excluding carboxylic acids is 1. The molecule has 0 bridgehead atoms. The predicted molar refractivity (Wildman–Crippen MR) is 57.1 cm³/mol. The minimum atomic E-state index is -0.344. The number of carbonyl (C=O) groups is 1. The highest BCUT2D eigenvalue weighted by molar-refractivity contribution is 5.78. The summed E-state index contributed by atoms with van der Waals surface area (Å²) in [5, 5.41) is 11.9. The minimum absolute atomic E-state index is 0.0101. The van der Waals surface area contributed by atoms with Crippen LogP contribution in [0.25, 0.3) is 0 Å². The van der Waals surface area contributed by atoms with E-state index < -0.39 is 0 Å². The Hall–Kier alpha value is -0.610. The number of hydrogen-bond acceptors (Lipinski definition) is 3. The van der Waals surface area contributed by atoms with Crippen molar-refractivity contribution >= 4 is 5.91 Å². The maximum atomic E-state index is 11.3. The van der Waals surface area contributed by atoms with Gasteiger partial charge in [-0.1, -0.05) is 6.92 Å². The summed E-state index contributed by atoms with van der Waals surface area (Å²) in [6.07, 6.45) is 0.943. The van der Waals surface area contributed by atoms with Crippen LogP contribution in [0.3, 0.4) is 0 Å². The van der Waals surface area contributed by atoms with E-state index in [2.05, 4.69) is 5.32 Å². The van der Waals surface area contributed by atoms with Crippen molar-refractivity contribution in [1.82, 2.24) is 10.2 Å². The van der Waals surface area contributed by atoms with E-state index >= 15 is 0 Å². The second kappa shape index (κ2) is 5.98. The van der Waals surface area contributed by atoms with Crippen LogP contribution in [-0.4, -0.2) is 48.2 Å². The SMILES string of the molecule is CCCNC(=O)CN(C)C(C)(C)CO. The topological polar surface area (TPSA) is 52.6 Å². The third-order valence-electron chi connectivity index (χ3n) is 2.37. The summed E-state index contributed by atoms with van der Waals surface area (Å²) in [6, 6.07) is 0. The number of aliphatic hydroxyl groups excluding tert-OH is 1. The van der Waals surface area contributed by atoms with Crippen molar-refractivity contribution in [3.05, 3.63) is 0 Å². The van der Waals surface area contributed by atoms with Gasteiger partial charge in [-0.25, -0.2) is 0 Å². The zero-order chi connectivity index (χ0) is 11.2. The van der Waals surface area contributed by atoms with Gasteiger partial charge in [0.1, 0.15) is 0 Å². The van der Waals surface area contributed by atoms with Crippen LogP contribution in [0.1, 0.15) is 27.2 Å². The molecule has 0 aromatic heterocycles. The standard InChI is InChI=1S/C10H22N2O2/c1-5-6-11-9(14)7-12(4)10(2,3)8-13/h13H,5-8H2,1-4H3,(H,11,14). The van der Waals surface area contributed by atoms with Gasteiger partial charge < -0.3 is 10.4 Å². The first kappa shape index (κ1) is 13.4. The molecule has 0 radical (unpaired) electrons. The van der Waals surface area contributed by atoms with Gasteiger partial charge >= 0.3 is 0 Å². The van der Waals surface area contributed by atoms with E-state index in [-0.39, 0.29) is 18.1 Å². The minimum Gasteiger partial charge on any atom is -0.394 e. The van der Waals surface area contributed by atoms with Crippen LogP contribution >= 0.6 is 0 Å². The first-order chi connectivity index (χ1) is 6.44. The fourth-order valence-corrected chi connectivity index (χ4v) is 0.870. The summed E-state index contributed by atoms with van der Waals surface area (Å²) in [7, 11) is 1.84. The van der Waals surface area contributed by atoms with Gasteiger partial charge in [-0.2, -0.15) is 0 Å². The lowest BCUT2D eigenvalue weighted by Crippen LogP contribution is -2.48. The number of nitrogens with one attached hydrogen (secondary N) is 1. The van der Waals surface area contributed by atoms with Gasteiger partial charge in [-0.3, -0.25) is 9.69 Å². The van der Waals surface area contributed by atoms with Crippen molar-refractivity contribution in [2.75, 3.05) is 26.7 Å². The summed E-state index contributed by atoms with van der Waals surface area (Å²) in [6.45, 7) is 6.91. The summed E-state index contributed by atoms with van der Waals surface area (Å²) in [5.74, 6) is 0.0101. The molecular weight excluding hydrogens is 180 g/mol. The number of nitrogens with zero attached hydrogens (tertiary/aromatic N) is 1.